The van der Waals surface area contributed by atoms with E-state index in [1.54, 1.807) is 0 Å². The molecule has 0 aromatic heterocycles. The van der Waals surface area contributed by atoms with Crippen molar-refractivity contribution in [2.24, 2.45) is 17.6 Å². The van der Waals surface area contributed by atoms with Crippen LogP contribution in [0.1, 0.15) is 43.2 Å². The van der Waals surface area contributed by atoms with Crippen molar-refractivity contribution >= 4 is 0 Å². The average molecular weight is 231 g/mol. The fraction of sp³-hybridized carbons (Fsp3) is 0.625. The molecule has 0 radical (unpaired) electrons. The van der Waals surface area contributed by atoms with Crippen molar-refractivity contribution in [3.8, 4) is 0 Å². The van der Waals surface area contributed by atoms with Crippen LogP contribution in [-0.2, 0) is 6.42 Å². The van der Waals surface area contributed by atoms with Gasteiger partial charge in [-0.15, -0.1) is 0 Å². The van der Waals surface area contributed by atoms with Crippen LogP contribution in [0.4, 0.5) is 0 Å². The number of hydrogen-bond acceptors (Lipinski definition) is 1. The SMILES string of the molecule is Cc1ccc(CC(CN)C2CCCCC2)cc1. The molecule has 2 N–H and O–H groups in total. The molecule has 0 amide bonds. The van der Waals surface area contributed by atoms with Gasteiger partial charge in [-0.1, -0.05) is 61.9 Å². The lowest BCUT2D eigenvalue weighted by Crippen LogP contribution is -2.27. The van der Waals surface area contributed by atoms with E-state index in [1.165, 1.54) is 49.7 Å². The van der Waals surface area contributed by atoms with E-state index < -0.39 is 0 Å². The van der Waals surface area contributed by atoms with Crippen LogP contribution in [0.15, 0.2) is 24.3 Å². The predicted molar refractivity (Wildman–Crippen MR) is 74.0 cm³/mol. The maximum absolute atomic E-state index is 5.98. The molecule has 94 valence electrons. The van der Waals surface area contributed by atoms with Crippen molar-refractivity contribution in [1.29, 1.82) is 0 Å². The van der Waals surface area contributed by atoms with E-state index in [1.807, 2.05) is 0 Å². The predicted octanol–water partition coefficient (Wildman–Crippen LogP) is 3.69. The molecule has 1 aliphatic rings. The third-order valence-electron chi connectivity index (χ3n) is 4.24. The van der Waals surface area contributed by atoms with E-state index in [2.05, 4.69) is 31.2 Å². The Bertz CT molecular complexity index is 322. The maximum atomic E-state index is 5.98. The summed E-state index contributed by atoms with van der Waals surface area (Å²) in [5.41, 5.74) is 8.78. The van der Waals surface area contributed by atoms with Crippen LogP contribution in [0.2, 0.25) is 0 Å². The van der Waals surface area contributed by atoms with E-state index in [-0.39, 0.29) is 0 Å². The first-order chi connectivity index (χ1) is 8.29. The van der Waals surface area contributed by atoms with Crippen molar-refractivity contribution in [3.63, 3.8) is 0 Å². The van der Waals surface area contributed by atoms with Gasteiger partial charge in [0.05, 0.1) is 0 Å². The Labute approximate surface area is 105 Å². The normalized spacial score (nSPS) is 19.2. The van der Waals surface area contributed by atoms with E-state index >= 15 is 0 Å². The minimum Gasteiger partial charge on any atom is -0.330 e. The van der Waals surface area contributed by atoms with Crippen LogP contribution in [0.5, 0.6) is 0 Å². The van der Waals surface area contributed by atoms with Gasteiger partial charge < -0.3 is 5.73 Å². The Hall–Kier alpha value is -0.820. The van der Waals surface area contributed by atoms with Gasteiger partial charge in [-0.05, 0) is 37.3 Å². The van der Waals surface area contributed by atoms with E-state index in [9.17, 15) is 0 Å². The molecular weight excluding hydrogens is 206 g/mol. The molecule has 1 aliphatic carbocycles. The summed E-state index contributed by atoms with van der Waals surface area (Å²) in [5, 5.41) is 0. The molecule has 1 fully saturated rings. The van der Waals surface area contributed by atoms with Crippen molar-refractivity contribution in [2.75, 3.05) is 6.54 Å². The molecule has 1 aromatic carbocycles. The van der Waals surface area contributed by atoms with E-state index in [4.69, 9.17) is 5.73 Å². The minimum atomic E-state index is 0.693. The maximum Gasteiger partial charge on any atom is -0.00430 e. The summed E-state index contributed by atoms with van der Waals surface area (Å²) in [7, 11) is 0. The first-order valence-corrected chi connectivity index (χ1v) is 7.05. The molecule has 1 heteroatoms. The van der Waals surface area contributed by atoms with Crippen LogP contribution < -0.4 is 5.73 Å². The van der Waals surface area contributed by atoms with Crippen LogP contribution in [0.3, 0.4) is 0 Å². The zero-order valence-electron chi connectivity index (χ0n) is 11.0. The van der Waals surface area contributed by atoms with Gasteiger partial charge in [-0.25, -0.2) is 0 Å². The minimum absolute atomic E-state index is 0.693. The highest BCUT2D eigenvalue weighted by atomic mass is 14.6. The monoisotopic (exact) mass is 231 g/mol. The summed E-state index contributed by atoms with van der Waals surface area (Å²) >= 11 is 0. The first-order valence-electron chi connectivity index (χ1n) is 7.05. The molecule has 2 rings (SSSR count). The van der Waals surface area contributed by atoms with Gasteiger partial charge in [0.1, 0.15) is 0 Å². The highest BCUT2D eigenvalue weighted by Gasteiger charge is 2.22. The highest BCUT2D eigenvalue weighted by Crippen LogP contribution is 2.31. The standard InChI is InChI=1S/C16H25N/c1-13-7-9-14(10-8-13)11-16(12-17)15-5-3-2-4-6-15/h7-10,15-16H,2-6,11-12,17H2,1H3. The summed E-state index contributed by atoms with van der Waals surface area (Å²) in [4.78, 5) is 0. The molecule has 0 bridgehead atoms. The summed E-state index contributed by atoms with van der Waals surface area (Å²) in [5.74, 6) is 1.56. The fourth-order valence-electron chi connectivity index (χ4n) is 3.07. The number of rotatable bonds is 4. The Morgan fingerprint density at radius 1 is 1.12 bits per heavy atom. The second-order valence-corrected chi connectivity index (χ2v) is 5.58. The average Bonchev–Trinajstić information content (AvgIpc) is 2.39. The quantitative estimate of drug-likeness (QED) is 0.840. The van der Waals surface area contributed by atoms with Crippen molar-refractivity contribution in [2.45, 2.75) is 45.4 Å². The van der Waals surface area contributed by atoms with Gasteiger partial charge in [0.15, 0.2) is 0 Å². The molecule has 1 unspecified atom stereocenters. The van der Waals surface area contributed by atoms with Crippen LogP contribution in [0, 0.1) is 18.8 Å². The van der Waals surface area contributed by atoms with Crippen LogP contribution in [-0.4, -0.2) is 6.54 Å². The smallest absolute Gasteiger partial charge is 0.00430 e. The van der Waals surface area contributed by atoms with Gasteiger partial charge in [0.2, 0.25) is 0 Å². The number of nitrogens with two attached hydrogens (primary N) is 1. The van der Waals surface area contributed by atoms with E-state index in [0.717, 1.165) is 12.5 Å². The molecule has 1 atom stereocenters. The van der Waals surface area contributed by atoms with E-state index in [0.29, 0.717) is 5.92 Å². The summed E-state index contributed by atoms with van der Waals surface area (Å²) in [6.45, 7) is 2.99. The van der Waals surface area contributed by atoms with Crippen molar-refractivity contribution < 1.29 is 0 Å². The summed E-state index contributed by atoms with van der Waals surface area (Å²) < 4.78 is 0. The van der Waals surface area contributed by atoms with Crippen LogP contribution >= 0.6 is 0 Å². The number of benzene rings is 1. The largest absolute Gasteiger partial charge is 0.330 e. The summed E-state index contributed by atoms with van der Waals surface area (Å²) in [6.07, 6.45) is 8.21. The molecule has 0 saturated heterocycles. The zero-order chi connectivity index (χ0) is 12.1. The highest BCUT2D eigenvalue weighted by molar-refractivity contribution is 5.21. The first kappa shape index (κ1) is 12.6. The summed E-state index contributed by atoms with van der Waals surface area (Å²) in [6, 6.07) is 8.95. The van der Waals surface area contributed by atoms with Crippen molar-refractivity contribution in [3.05, 3.63) is 35.4 Å². The number of aryl methyl sites for hydroxylation is 1. The molecule has 1 saturated carbocycles. The molecule has 0 spiro atoms. The van der Waals surface area contributed by atoms with Gasteiger partial charge in [0, 0.05) is 0 Å². The molecule has 1 aromatic rings. The Kier molecular flexibility index (Phi) is 4.61. The molecule has 0 heterocycles. The lowest BCUT2D eigenvalue weighted by atomic mass is 9.77. The van der Waals surface area contributed by atoms with Crippen molar-refractivity contribution in [1.82, 2.24) is 0 Å². The van der Waals surface area contributed by atoms with Gasteiger partial charge in [-0.3, -0.25) is 0 Å². The van der Waals surface area contributed by atoms with Gasteiger partial charge in [-0.2, -0.15) is 0 Å². The zero-order valence-corrected chi connectivity index (χ0v) is 11.0. The Morgan fingerprint density at radius 2 is 1.76 bits per heavy atom. The fourth-order valence-corrected chi connectivity index (χ4v) is 3.07. The molecule has 1 nitrogen and oxygen atoms in total. The topological polar surface area (TPSA) is 26.0 Å². The van der Waals surface area contributed by atoms with Gasteiger partial charge in [0.25, 0.3) is 0 Å². The Balaban J connectivity index is 1.96. The number of hydrogen-bond donors (Lipinski definition) is 1. The second-order valence-electron chi connectivity index (χ2n) is 5.58. The lowest BCUT2D eigenvalue weighted by molar-refractivity contribution is 0.251. The Morgan fingerprint density at radius 3 is 2.35 bits per heavy atom. The van der Waals surface area contributed by atoms with Gasteiger partial charge >= 0.3 is 0 Å². The third-order valence-corrected chi connectivity index (χ3v) is 4.24. The molecule has 17 heavy (non-hydrogen) atoms. The second kappa shape index (κ2) is 6.20. The lowest BCUT2D eigenvalue weighted by Gasteiger charge is -2.29. The third kappa shape index (κ3) is 3.57. The van der Waals surface area contributed by atoms with Crippen LogP contribution in [0.25, 0.3) is 0 Å². The molecular formula is C16H25N. The molecule has 0 aliphatic heterocycles.